The average molecular weight is 269 g/mol. The molecule has 5 heteroatoms. The summed E-state index contributed by atoms with van der Waals surface area (Å²) < 4.78 is 0. The zero-order chi connectivity index (χ0) is 13.7. The van der Waals surface area contributed by atoms with Gasteiger partial charge in [-0.2, -0.15) is 0 Å². The van der Waals surface area contributed by atoms with Crippen molar-refractivity contribution in [1.29, 1.82) is 0 Å². The standard InChI is InChI=1S/C14H27N3O2/c1-12(10-16-7-3-2-4-8-16)15-14(19)17-9-5-6-13(17)11-18/h12-13,18H,2-11H2,1H3,(H,15,19)/t12?,13-/m0/s1. The third kappa shape index (κ3) is 4.08. The summed E-state index contributed by atoms with van der Waals surface area (Å²) in [4.78, 5) is 16.4. The second kappa shape index (κ2) is 7.10. The molecule has 0 aromatic carbocycles. The van der Waals surface area contributed by atoms with Crippen molar-refractivity contribution in [3.63, 3.8) is 0 Å². The minimum absolute atomic E-state index is 0.0129. The first-order chi connectivity index (χ1) is 9.20. The molecule has 0 aromatic rings. The number of hydrogen-bond acceptors (Lipinski definition) is 3. The Morgan fingerprint density at radius 2 is 2.00 bits per heavy atom. The summed E-state index contributed by atoms with van der Waals surface area (Å²) in [5.74, 6) is 0. The van der Waals surface area contributed by atoms with Gasteiger partial charge in [-0.05, 0) is 45.7 Å². The lowest BCUT2D eigenvalue weighted by Gasteiger charge is -2.31. The van der Waals surface area contributed by atoms with Gasteiger partial charge in [0.25, 0.3) is 0 Å². The molecule has 19 heavy (non-hydrogen) atoms. The van der Waals surface area contributed by atoms with Gasteiger partial charge in [0.2, 0.25) is 0 Å². The van der Waals surface area contributed by atoms with Crippen LogP contribution < -0.4 is 5.32 Å². The fraction of sp³-hybridized carbons (Fsp3) is 0.929. The zero-order valence-electron chi connectivity index (χ0n) is 12.0. The van der Waals surface area contributed by atoms with Crippen LogP contribution in [0.3, 0.4) is 0 Å². The van der Waals surface area contributed by atoms with Crippen molar-refractivity contribution in [3.05, 3.63) is 0 Å². The van der Waals surface area contributed by atoms with Gasteiger partial charge in [-0.15, -0.1) is 0 Å². The molecule has 2 saturated heterocycles. The smallest absolute Gasteiger partial charge is 0.317 e. The van der Waals surface area contributed by atoms with E-state index in [0.29, 0.717) is 0 Å². The molecule has 2 fully saturated rings. The zero-order valence-corrected chi connectivity index (χ0v) is 12.0. The second-order valence-corrected chi connectivity index (χ2v) is 5.88. The quantitative estimate of drug-likeness (QED) is 0.801. The molecule has 2 aliphatic heterocycles. The van der Waals surface area contributed by atoms with E-state index in [1.165, 1.54) is 19.3 Å². The largest absolute Gasteiger partial charge is 0.394 e. The van der Waals surface area contributed by atoms with Gasteiger partial charge in [0.15, 0.2) is 0 Å². The highest BCUT2D eigenvalue weighted by molar-refractivity contribution is 5.75. The monoisotopic (exact) mass is 269 g/mol. The van der Waals surface area contributed by atoms with Gasteiger partial charge < -0.3 is 20.2 Å². The number of nitrogens with zero attached hydrogens (tertiary/aromatic N) is 2. The van der Waals surface area contributed by atoms with E-state index in [1.807, 2.05) is 0 Å². The van der Waals surface area contributed by atoms with Crippen LogP contribution in [0.25, 0.3) is 0 Å². The predicted molar refractivity (Wildman–Crippen MR) is 75.1 cm³/mol. The molecule has 2 heterocycles. The van der Waals surface area contributed by atoms with Crippen LogP contribution in [0.1, 0.15) is 39.0 Å². The molecule has 0 radical (unpaired) electrons. The second-order valence-electron chi connectivity index (χ2n) is 5.88. The summed E-state index contributed by atoms with van der Waals surface area (Å²) in [6, 6.07) is 0.175. The van der Waals surface area contributed by atoms with Crippen molar-refractivity contribution in [2.75, 3.05) is 32.8 Å². The van der Waals surface area contributed by atoms with Crippen LogP contribution in [-0.4, -0.2) is 65.8 Å². The Labute approximate surface area is 115 Å². The van der Waals surface area contributed by atoms with Crippen LogP contribution in [0.15, 0.2) is 0 Å². The maximum atomic E-state index is 12.2. The summed E-state index contributed by atoms with van der Waals surface area (Å²) in [5, 5.41) is 12.3. The molecule has 0 aromatic heterocycles. The number of amides is 2. The summed E-state index contributed by atoms with van der Waals surface area (Å²) in [7, 11) is 0. The lowest BCUT2D eigenvalue weighted by molar-refractivity contribution is 0.150. The molecular weight excluding hydrogens is 242 g/mol. The lowest BCUT2D eigenvalue weighted by Crippen LogP contribution is -2.50. The summed E-state index contributed by atoms with van der Waals surface area (Å²) >= 11 is 0. The Kier molecular flexibility index (Phi) is 5.45. The molecule has 0 saturated carbocycles. The van der Waals surface area contributed by atoms with Crippen molar-refractivity contribution in [2.45, 2.75) is 51.1 Å². The van der Waals surface area contributed by atoms with E-state index in [9.17, 15) is 9.90 Å². The topological polar surface area (TPSA) is 55.8 Å². The molecule has 2 N–H and O–H groups in total. The van der Waals surface area contributed by atoms with E-state index < -0.39 is 0 Å². The Balaban J connectivity index is 1.74. The minimum atomic E-state index is -0.0129. The normalized spacial score (nSPS) is 26.4. The molecule has 5 nitrogen and oxygen atoms in total. The van der Waals surface area contributed by atoms with Crippen LogP contribution in [-0.2, 0) is 0 Å². The maximum Gasteiger partial charge on any atom is 0.317 e. The number of hydrogen-bond donors (Lipinski definition) is 2. The van der Waals surface area contributed by atoms with E-state index in [2.05, 4.69) is 17.1 Å². The number of likely N-dealkylation sites (tertiary alicyclic amines) is 2. The molecule has 0 spiro atoms. The Morgan fingerprint density at radius 3 is 2.68 bits per heavy atom. The van der Waals surface area contributed by atoms with Crippen molar-refractivity contribution in [2.24, 2.45) is 0 Å². The van der Waals surface area contributed by atoms with Crippen molar-refractivity contribution in [1.82, 2.24) is 15.1 Å². The minimum Gasteiger partial charge on any atom is -0.394 e. The van der Waals surface area contributed by atoms with Crippen LogP contribution >= 0.6 is 0 Å². The van der Waals surface area contributed by atoms with Gasteiger partial charge in [-0.25, -0.2) is 4.79 Å². The van der Waals surface area contributed by atoms with Gasteiger partial charge in [-0.3, -0.25) is 0 Å². The van der Waals surface area contributed by atoms with Gasteiger partial charge in [-0.1, -0.05) is 6.42 Å². The summed E-state index contributed by atoms with van der Waals surface area (Å²) in [5.41, 5.74) is 0. The van der Waals surface area contributed by atoms with Crippen LogP contribution in [0.5, 0.6) is 0 Å². The third-order valence-corrected chi connectivity index (χ3v) is 4.20. The molecule has 2 aliphatic rings. The number of aliphatic hydroxyl groups excluding tert-OH is 1. The van der Waals surface area contributed by atoms with E-state index >= 15 is 0 Å². The highest BCUT2D eigenvalue weighted by Crippen LogP contribution is 2.16. The molecular formula is C14H27N3O2. The number of carbonyl (C=O) groups excluding carboxylic acids is 1. The number of urea groups is 1. The van der Waals surface area contributed by atoms with Gasteiger partial charge in [0.1, 0.15) is 0 Å². The number of aliphatic hydroxyl groups is 1. The number of piperidine rings is 1. The fourth-order valence-electron chi connectivity index (χ4n) is 3.16. The molecule has 0 aliphatic carbocycles. The highest BCUT2D eigenvalue weighted by Gasteiger charge is 2.28. The van der Waals surface area contributed by atoms with Crippen molar-refractivity contribution < 1.29 is 9.90 Å². The van der Waals surface area contributed by atoms with Crippen LogP contribution in [0, 0.1) is 0 Å². The third-order valence-electron chi connectivity index (χ3n) is 4.20. The number of carbonyl (C=O) groups is 1. The number of rotatable bonds is 4. The average Bonchev–Trinajstić information content (AvgIpc) is 2.88. The van der Waals surface area contributed by atoms with E-state index in [0.717, 1.165) is 39.0 Å². The van der Waals surface area contributed by atoms with E-state index in [-0.39, 0.29) is 24.7 Å². The molecule has 2 atom stereocenters. The molecule has 2 rings (SSSR count). The highest BCUT2D eigenvalue weighted by atomic mass is 16.3. The first-order valence-electron chi connectivity index (χ1n) is 7.61. The van der Waals surface area contributed by atoms with Gasteiger partial charge in [0, 0.05) is 19.1 Å². The van der Waals surface area contributed by atoms with Crippen LogP contribution in [0.2, 0.25) is 0 Å². The molecule has 1 unspecified atom stereocenters. The van der Waals surface area contributed by atoms with Crippen molar-refractivity contribution in [3.8, 4) is 0 Å². The summed E-state index contributed by atoms with van der Waals surface area (Å²) in [6.07, 6.45) is 5.81. The lowest BCUT2D eigenvalue weighted by atomic mass is 10.1. The Bertz CT molecular complexity index is 292. The van der Waals surface area contributed by atoms with Crippen LogP contribution in [0.4, 0.5) is 4.79 Å². The first kappa shape index (κ1) is 14.6. The predicted octanol–water partition coefficient (Wildman–Crippen LogP) is 1.03. The van der Waals surface area contributed by atoms with E-state index in [1.54, 1.807) is 4.90 Å². The summed E-state index contributed by atoms with van der Waals surface area (Å²) in [6.45, 7) is 6.16. The fourth-order valence-corrected chi connectivity index (χ4v) is 3.16. The Morgan fingerprint density at radius 1 is 1.26 bits per heavy atom. The van der Waals surface area contributed by atoms with Gasteiger partial charge >= 0.3 is 6.03 Å². The first-order valence-corrected chi connectivity index (χ1v) is 7.61. The maximum absolute atomic E-state index is 12.2. The molecule has 2 amide bonds. The number of nitrogens with one attached hydrogen (secondary N) is 1. The Hall–Kier alpha value is -0.810. The van der Waals surface area contributed by atoms with Gasteiger partial charge in [0.05, 0.1) is 12.6 Å². The SMILES string of the molecule is CC(CN1CCCCC1)NC(=O)N1CCC[C@H]1CO. The molecule has 0 bridgehead atoms. The molecule has 110 valence electrons. The van der Waals surface area contributed by atoms with Crippen molar-refractivity contribution >= 4 is 6.03 Å². The van der Waals surface area contributed by atoms with E-state index in [4.69, 9.17) is 0 Å².